The van der Waals surface area contributed by atoms with E-state index in [4.69, 9.17) is 0 Å². The molecule has 0 radical (unpaired) electrons. The predicted octanol–water partition coefficient (Wildman–Crippen LogP) is 2.57. The molecule has 0 aromatic heterocycles. The van der Waals surface area contributed by atoms with Crippen LogP contribution in [0, 0.1) is 11.8 Å². The summed E-state index contributed by atoms with van der Waals surface area (Å²) in [6.45, 7) is 4.24. The zero-order chi connectivity index (χ0) is 18.0. The third-order valence-electron chi connectivity index (χ3n) is 6.46. The Bertz CT molecular complexity index is 532. The van der Waals surface area contributed by atoms with Crippen molar-refractivity contribution in [1.29, 1.82) is 0 Å². The van der Waals surface area contributed by atoms with Crippen molar-refractivity contribution in [3.63, 3.8) is 0 Å². The largest absolute Gasteiger partial charge is 0.352 e. The van der Waals surface area contributed by atoms with Crippen molar-refractivity contribution >= 4 is 17.8 Å². The van der Waals surface area contributed by atoms with Crippen molar-refractivity contribution in [3.05, 3.63) is 0 Å². The normalized spacial score (nSPS) is 35.8. The van der Waals surface area contributed by atoms with Gasteiger partial charge in [0.15, 0.2) is 0 Å². The first-order valence-corrected chi connectivity index (χ1v) is 9.87. The molecule has 3 aliphatic rings. The molecule has 1 saturated heterocycles. The lowest BCUT2D eigenvalue weighted by Gasteiger charge is -2.34. The second-order valence-electron chi connectivity index (χ2n) is 8.28. The van der Waals surface area contributed by atoms with Gasteiger partial charge in [0, 0.05) is 6.04 Å². The van der Waals surface area contributed by atoms with Gasteiger partial charge < -0.3 is 10.6 Å². The van der Waals surface area contributed by atoms with Gasteiger partial charge in [-0.05, 0) is 63.2 Å². The van der Waals surface area contributed by atoms with E-state index >= 15 is 0 Å². The summed E-state index contributed by atoms with van der Waals surface area (Å²) in [6, 6.07) is -0.231. The Morgan fingerprint density at radius 1 is 1.16 bits per heavy atom. The van der Waals surface area contributed by atoms with Crippen LogP contribution < -0.4 is 10.6 Å². The molecular formula is C19H31N3O3. The van der Waals surface area contributed by atoms with Crippen LogP contribution in [0.4, 0.5) is 4.79 Å². The summed E-state index contributed by atoms with van der Waals surface area (Å²) in [5.74, 6) is 0.931. The second kappa shape index (κ2) is 7.34. The van der Waals surface area contributed by atoms with Gasteiger partial charge in [0.05, 0.1) is 0 Å². The van der Waals surface area contributed by atoms with Crippen molar-refractivity contribution in [2.24, 2.45) is 11.8 Å². The molecule has 3 rings (SSSR count). The van der Waals surface area contributed by atoms with E-state index in [-0.39, 0.29) is 24.4 Å². The number of nitrogens with zero attached hydrogens (tertiary/aromatic N) is 1. The van der Waals surface area contributed by atoms with Crippen LogP contribution in [0.15, 0.2) is 0 Å². The summed E-state index contributed by atoms with van der Waals surface area (Å²) in [5.41, 5.74) is -0.761. The first kappa shape index (κ1) is 18.2. The monoisotopic (exact) mass is 349 g/mol. The third kappa shape index (κ3) is 3.82. The Morgan fingerprint density at radius 3 is 2.40 bits per heavy atom. The fourth-order valence-electron chi connectivity index (χ4n) is 4.56. The lowest BCUT2D eigenvalue weighted by Crippen LogP contribution is -2.50. The van der Waals surface area contributed by atoms with Crippen molar-refractivity contribution in [3.8, 4) is 0 Å². The first-order chi connectivity index (χ1) is 11.9. The Balaban J connectivity index is 1.55. The van der Waals surface area contributed by atoms with E-state index in [0.29, 0.717) is 18.8 Å². The number of carbonyl (C=O) groups is 3. The number of imide groups is 1. The quantitative estimate of drug-likeness (QED) is 0.766. The minimum atomic E-state index is -0.761. The van der Waals surface area contributed by atoms with Gasteiger partial charge in [-0.2, -0.15) is 0 Å². The fraction of sp³-hybridized carbons (Fsp3) is 0.842. The molecule has 6 heteroatoms. The van der Waals surface area contributed by atoms with Gasteiger partial charge in [0.1, 0.15) is 12.1 Å². The van der Waals surface area contributed by atoms with Crippen LogP contribution in [0.2, 0.25) is 0 Å². The van der Waals surface area contributed by atoms with E-state index < -0.39 is 11.6 Å². The lowest BCUT2D eigenvalue weighted by atomic mass is 9.75. The van der Waals surface area contributed by atoms with E-state index in [2.05, 4.69) is 24.5 Å². The van der Waals surface area contributed by atoms with Crippen molar-refractivity contribution in [1.82, 2.24) is 15.5 Å². The maximum Gasteiger partial charge on any atom is 0.325 e. The highest BCUT2D eigenvalue weighted by molar-refractivity contribution is 6.09. The summed E-state index contributed by atoms with van der Waals surface area (Å²) < 4.78 is 0. The molecule has 0 atom stereocenters. The molecule has 0 bridgehead atoms. The van der Waals surface area contributed by atoms with Gasteiger partial charge in [-0.1, -0.05) is 20.3 Å². The second-order valence-corrected chi connectivity index (χ2v) is 8.28. The van der Waals surface area contributed by atoms with Gasteiger partial charge in [0.25, 0.3) is 5.91 Å². The maximum atomic E-state index is 12.8. The zero-order valence-corrected chi connectivity index (χ0v) is 15.5. The van der Waals surface area contributed by atoms with Gasteiger partial charge in [-0.3, -0.25) is 14.5 Å². The number of amides is 4. The fourth-order valence-corrected chi connectivity index (χ4v) is 4.56. The molecule has 1 heterocycles. The van der Waals surface area contributed by atoms with Crippen molar-refractivity contribution in [2.75, 3.05) is 6.54 Å². The van der Waals surface area contributed by atoms with Gasteiger partial charge in [-0.25, -0.2) is 4.79 Å². The summed E-state index contributed by atoms with van der Waals surface area (Å²) in [5, 5.41) is 5.89. The third-order valence-corrected chi connectivity index (χ3v) is 6.46. The predicted molar refractivity (Wildman–Crippen MR) is 94.8 cm³/mol. The smallest absolute Gasteiger partial charge is 0.325 e. The Hall–Kier alpha value is -1.59. The first-order valence-electron chi connectivity index (χ1n) is 9.87. The average molecular weight is 349 g/mol. The van der Waals surface area contributed by atoms with Crippen LogP contribution in [-0.2, 0) is 9.59 Å². The molecular weight excluding hydrogens is 318 g/mol. The molecule has 2 saturated carbocycles. The minimum Gasteiger partial charge on any atom is -0.352 e. The molecule has 0 unspecified atom stereocenters. The zero-order valence-electron chi connectivity index (χ0n) is 15.5. The summed E-state index contributed by atoms with van der Waals surface area (Å²) >= 11 is 0. The van der Waals surface area contributed by atoms with Crippen LogP contribution in [-0.4, -0.2) is 40.9 Å². The molecule has 1 aliphatic heterocycles. The number of hydrogen-bond donors (Lipinski definition) is 2. The number of hydrogen-bond acceptors (Lipinski definition) is 3. The minimum absolute atomic E-state index is 0.157. The van der Waals surface area contributed by atoms with Gasteiger partial charge in [0.2, 0.25) is 5.91 Å². The Kier molecular flexibility index (Phi) is 5.35. The van der Waals surface area contributed by atoms with Crippen molar-refractivity contribution < 1.29 is 14.4 Å². The number of carbonyl (C=O) groups excluding carboxylic acids is 3. The molecule has 1 spiro atoms. The molecule has 0 aromatic rings. The van der Waals surface area contributed by atoms with E-state index in [1.165, 1.54) is 0 Å². The van der Waals surface area contributed by atoms with Crippen molar-refractivity contribution in [2.45, 2.75) is 83.2 Å². The van der Waals surface area contributed by atoms with Crippen LogP contribution in [0.3, 0.4) is 0 Å². The maximum absolute atomic E-state index is 12.8. The number of rotatable bonds is 4. The molecule has 140 valence electrons. The molecule has 25 heavy (non-hydrogen) atoms. The van der Waals surface area contributed by atoms with Crippen LogP contribution in [0.25, 0.3) is 0 Å². The van der Waals surface area contributed by atoms with E-state index in [1.807, 2.05) is 0 Å². The van der Waals surface area contributed by atoms with Gasteiger partial charge >= 0.3 is 6.03 Å². The molecule has 4 amide bonds. The molecule has 3 fully saturated rings. The standard InChI is InChI=1S/C19H31N3O3/c1-3-14-8-10-19(11-9-14)17(24)22(18(25)21-19)12-16(23)20-15-6-4-13(2)5-7-15/h13-15H,3-12H2,1-2H3,(H,20,23)(H,21,25). The number of urea groups is 1. The topological polar surface area (TPSA) is 78.5 Å². The highest BCUT2D eigenvalue weighted by atomic mass is 16.2. The summed E-state index contributed by atoms with van der Waals surface area (Å²) in [4.78, 5) is 38.6. The van der Waals surface area contributed by atoms with E-state index in [0.717, 1.165) is 55.8 Å². The SMILES string of the molecule is CCC1CCC2(CC1)NC(=O)N(CC(=O)NC1CCC(C)CC1)C2=O. The lowest BCUT2D eigenvalue weighted by molar-refractivity contribution is -0.136. The van der Waals surface area contributed by atoms with Gasteiger partial charge in [-0.15, -0.1) is 0 Å². The summed E-state index contributed by atoms with van der Waals surface area (Å²) in [7, 11) is 0. The molecule has 6 nitrogen and oxygen atoms in total. The Labute approximate surface area is 150 Å². The number of nitrogens with one attached hydrogen (secondary N) is 2. The van der Waals surface area contributed by atoms with E-state index in [9.17, 15) is 14.4 Å². The Morgan fingerprint density at radius 2 is 1.80 bits per heavy atom. The summed E-state index contributed by atoms with van der Waals surface area (Å²) in [6.07, 6.45) is 8.62. The molecule has 0 aromatic carbocycles. The average Bonchev–Trinajstić information content (AvgIpc) is 2.82. The molecule has 2 N–H and O–H groups in total. The van der Waals surface area contributed by atoms with Crippen LogP contribution >= 0.6 is 0 Å². The van der Waals surface area contributed by atoms with Crippen LogP contribution in [0.5, 0.6) is 0 Å². The highest BCUT2D eigenvalue weighted by Gasteiger charge is 2.52. The van der Waals surface area contributed by atoms with E-state index in [1.54, 1.807) is 0 Å². The van der Waals surface area contributed by atoms with Crippen LogP contribution in [0.1, 0.15) is 71.6 Å². The molecule has 2 aliphatic carbocycles. The highest BCUT2D eigenvalue weighted by Crippen LogP contribution is 2.37.